The second kappa shape index (κ2) is 10.7. The van der Waals surface area contributed by atoms with Crippen molar-refractivity contribution in [3.63, 3.8) is 0 Å². The molecule has 1 unspecified atom stereocenters. The summed E-state index contributed by atoms with van der Waals surface area (Å²) in [4.78, 5) is 41.3. The molecule has 0 aliphatic carbocycles. The molecule has 1 aromatic heterocycles. The number of amides is 2. The van der Waals surface area contributed by atoms with E-state index in [1.54, 1.807) is 39.2 Å². The van der Waals surface area contributed by atoms with E-state index in [-0.39, 0.29) is 37.0 Å². The van der Waals surface area contributed by atoms with Gasteiger partial charge in [-0.05, 0) is 37.6 Å². The first-order valence-corrected chi connectivity index (χ1v) is 11.9. The van der Waals surface area contributed by atoms with Crippen LogP contribution in [0.25, 0.3) is 0 Å². The van der Waals surface area contributed by atoms with Gasteiger partial charge in [0.1, 0.15) is 22.7 Å². The fraction of sp³-hybridized carbons (Fsp3) is 0.333. The molecule has 37 heavy (non-hydrogen) atoms. The largest absolute Gasteiger partial charge is 0.497 e. The van der Waals surface area contributed by atoms with Crippen LogP contribution in [0.5, 0.6) is 11.5 Å². The molecule has 0 fully saturated rings. The lowest BCUT2D eigenvalue weighted by Gasteiger charge is -2.43. The minimum Gasteiger partial charge on any atom is -0.497 e. The fourth-order valence-corrected chi connectivity index (χ4v) is 4.34. The van der Waals surface area contributed by atoms with Gasteiger partial charge in [0, 0.05) is 18.2 Å². The van der Waals surface area contributed by atoms with Crippen molar-refractivity contribution in [2.75, 3.05) is 20.8 Å². The van der Waals surface area contributed by atoms with Gasteiger partial charge in [-0.1, -0.05) is 30.3 Å². The molecular formula is C27H30N4O6. The number of fused-ring (bicyclic) bond motifs is 1. The summed E-state index contributed by atoms with van der Waals surface area (Å²) in [5.41, 5.74) is 0.462. The monoisotopic (exact) mass is 506 g/mol. The van der Waals surface area contributed by atoms with E-state index < -0.39 is 17.4 Å². The lowest BCUT2D eigenvalue weighted by Crippen LogP contribution is -2.63. The van der Waals surface area contributed by atoms with Gasteiger partial charge >= 0.3 is 5.97 Å². The minimum absolute atomic E-state index is 0.0121. The highest BCUT2D eigenvalue weighted by molar-refractivity contribution is 6.01. The third-order valence-electron chi connectivity index (χ3n) is 6.38. The van der Waals surface area contributed by atoms with Gasteiger partial charge in [-0.15, -0.1) is 0 Å². The molecule has 1 aliphatic heterocycles. The number of esters is 1. The Morgan fingerprint density at radius 2 is 1.84 bits per heavy atom. The zero-order chi connectivity index (χ0) is 26.6. The normalized spacial score (nSPS) is 16.6. The molecule has 3 aromatic rings. The Morgan fingerprint density at radius 1 is 1.08 bits per heavy atom. The number of hydrogen-bond acceptors (Lipinski definition) is 7. The van der Waals surface area contributed by atoms with Crippen molar-refractivity contribution >= 4 is 17.8 Å². The van der Waals surface area contributed by atoms with Gasteiger partial charge in [0.05, 0.1) is 33.9 Å². The lowest BCUT2D eigenvalue weighted by atomic mass is 9.93. The standard InChI is InChI=1S/C27H30N4O6/c1-5-37-25(33)21-14-22-24(32)30(16-19-13-20(35-3)11-12-23(19)36-4)27(2,17-31(22)29-21)26(34)28-15-18-9-7-6-8-10-18/h6-14H,5,15-17H2,1-4H3,(H,28,34). The first-order valence-electron chi connectivity index (χ1n) is 11.9. The fourth-order valence-electron chi connectivity index (χ4n) is 4.34. The van der Waals surface area contributed by atoms with Crippen LogP contribution in [0.15, 0.2) is 54.6 Å². The first-order chi connectivity index (χ1) is 17.8. The summed E-state index contributed by atoms with van der Waals surface area (Å²) in [6.45, 7) is 3.95. The molecule has 0 saturated heterocycles. The molecule has 0 bridgehead atoms. The zero-order valence-corrected chi connectivity index (χ0v) is 21.3. The maximum atomic E-state index is 13.8. The molecule has 1 N–H and O–H groups in total. The molecule has 0 saturated carbocycles. The maximum Gasteiger partial charge on any atom is 0.358 e. The quantitative estimate of drug-likeness (QED) is 0.444. The summed E-state index contributed by atoms with van der Waals surface area (Å²) in [5, 5.41) is 7.24. The van der Waals surface area contributed by atoms with Crippen molar-refractivity contribution in [2.45, 2.75) is 39.0 Å². The molecule has 10 nitrogen and oxygen atoms in total. The molecule has 2 aromatic carbocycles. The number of methoxy groups -OCH3 is 2. The Balaban J connectivity index is 1.72. The van der Waals surface area contributed by atoms with E-state index in [9.17, 15) is 14.4 Å². The van der Waals surface area contributed by atoms with Crippen LogP contribution in [0.3, 0.4) is 0 Å². The van der Waals surface area contributed by atoms with Crippen LogP contribution in [0.4, 0.5) is 0 Å². The number of hydrogen-bond donors (Lipinski definition) is 1. The number of aromatic nitrogens is 2. The molecule has 0 radical (unpaired) electrons. The lowest BCUT2D eigenvalue weighted by molar-refractivity contribution is -0.133. The van der Waals surface area contributed by atoms with Crippen molar-refractivity contribution in [2.24, 2.45) is 0 Å². The molecule has 1 aliphatic rings. The number of nitrogens with one attached hydrogen (secondary N) is 1. The Labute approximate surface area is 215 Å². The summed E-state index contributed by atoms with van der Waals surface area (Å²) in [5.74, 6) is -0.299. The van der Waals surface area contributed by atoms with Gasteiger partial charge in [0.2, 0.25) is 5.91 Å². The van der Waals surface area contributed by atoms with Crippen LogP contribution in [-0.4, -0.2) is 58.8 Å². The number of carbonyl (C=O) groups is 3. The Bertz CT molecular complexity index is 1310. The smallest absolute Gasteiger partial charge is 0.358 e. The first kappa shape index (κ1) is 25.7. The molecule has 10 heteroatoms. The van der Waals surface area contributed by atoms with Crippen LogP contribution >= 0.6 is 0 Å². The van der Waals surface area contributed by atoms with E-state index in [1.807, 2.05) is 30.3 Å². The summed E-state index contributed by atoms with van der Waals surface area (Å²) >= 11 is 0. The van der Waals surface area contributed by atoms with Crippen molar-refractivity contribution < 1.29 is 28.6 Å². The number of carbonyl (C=O) groups excluding carboxylic acids is 3. The van der Waals surface area contributed by atoms with Gasteiger partial charge in [-0.3, -0.25) is 14.3 Å². The summed E-state index contributed by atoms with van der Waals surface area (Å²) in [6.07, 6.45) is 0. The van der Waals surface area contributed by atoms with E-state index in [1.165, 1.54) is 22.8 Å². The van der Waals surface area contributed by atoms with Crippen LogP contribution in [-0.2, 0) is 29.2 Å². The predicted molar refractivity (Wildman–Crippen MR) is 134 cm³/mol. The number of ether oxygens (including phenoxy) is 3. The highest BCUT2D eigenvalue weighted by Gasteiger charge is 2.48. The number of rotatable bonds is 9. The Hall–Kier alpha value is -4.34. The zero-order valence-electron chi connectivity index (χ0n) is 21.3. The second-order valence-corrected chi connectivity index (χ2v) is 8.80. The van der Waals surface area contributed by atoms with Gasteiger partial charge < -0.3 is 24.4 Å². The third kappa shape index (κ3) is 5.13. The average Bonchev–Trinajstić information content (AvgIpc) is 3.34. The molecule has 0 spiro atoms. The van der Waals surface area contributed by atoms with Crippen molar-refractivity contribution in [1.29, 1.82) is 0 Å². The van der Waals surface area contributed by atoms with E-state index in [0.717, 1.165) is 5.56 Å². The van der Waals surface area contributed by atoms with Crippen LogP contribution in [0, 0.1) is 0 Å². The van der Waals surface area contributed by atoms with Crippen LogP contribution in [0.1, 0.15) is 46.0 Å². The van der Waals surface area contributed by atoms with Gasteiger partial charge in [-0.25, -0.2) is 4.79 Å². The molecule has 4 rings (SSSR count). The molecule has 2 amide bonds. The van der Waals surface area contributed by atoms with E-state index >= 15 is 0 Å². The molecular weight excluding hydrogens is 476 g/mol. The van der Waals surface area contributed by atoms with E-state index in [2.05, 4.69) is 10.4 Å². The highest BCUT2D eigenvalue weighted by atomic mass is 16.5. The molecule has 2 heterocycles. The topological polar surface area (TPSA) is 112 Å². The van der Waals surface area contributed by atoms with Gasteiger partial charge in [-0.2, -0.15) is 5.10 Å². The maximum absolute atomic E-state index is 13.8. The van der Waals surface area contributed by atoms with Gasteiger partial charge in [0.15, 0.2) is 5.69 Å². The van der Waals surface area contributed by atoms with Crippen LogP contribution in [0.2, 0.25) is 0 Å². The van der Waals surface area contributed by atoms with E-state index in [0.29, 0.717) is 23.6 Å². The Morgan fingerprint density at radius 3 is 2.51 bits per heavy atom. The van der Waals surface area contributed by atoms with E-state index in [4.69, 9.17) is 14.2 Å². The molecule has 1 atom stereocenters. The minimum atomic E-state index is -1.33. The van der Waals surface area contributed by atoms with Crippen LogP contribution < -0.4 is 14.8 Å². The number of benzene rings is 2. The third-order valence-corrected chi connectivity index (χ3v) is 6.38. The summed E-state index contributed by atoms with van der Waals surface area (Å²) in [7, 11) is 3.09. The Kier molecular flexibility index (Phi) is 7.47. The summed E-state index contributed by atoms with van der Waals surface area (Å²) < 4.78 is 17.3. The molecule has 194 valence electrons. The van der Waals surface area contributed by atoms with Crippen molar-refractivity contribution in [3.05, 3.63) is 77.1 Å². The highest BCUT2D eigenvalue weighted by Crippen LogP contribution is 2.33. The van der Waals surface area contributed by atoms with Gasteiger partial charge in [0.25, 0.3) is 5.91 Å². The second-order valence-electron chi connectivity index (χ2n) is 8.80. The van der Waals surface area contributed by atoms with Crippen molar-refractivity contribution in [1.82, 2.24) is 20.0 Å². The number of nitrogens with zero attached hydrogens (tertiary/aromatic N) is 3. The predicted octanol–water partition coefficient (Wildman–Crippen LogP) is 2.81. The average molecular weight is 507 g/mol. The summed E-state index contributed by atoms with van der Waals surface area (Å²) in [6, 6.07) is 16.2. The SMILES string of the molecule is CCOC(=O)c1cc2n(n1)CC(C)(C(=O)NCc1ccccc1)N(Cc1cc(OC)ccc1OC)C2=O. The van der Waals surface area contributed by atoms with Crippen molar-refractivity contribution in [3.8, 4) is 11.5 Å².